The van der Waals surface area contributed by atoms with Crippen LogP contribution in [0.4, 0.5) is 4.79 Å². The number of rotatable bonds is 9. The average Bonchev–Trinajstić information content (AvgIpc) is 3.57. The van der Waals surface area contributed by atoms with Gasteiger partial charge in [0, 0.05) is 42.4 Å². The lowest BCUT2D eigenvalue weighted by atomic mass is 9.66. The highest BCUT2D eigenvalue weighted by Gasteiger charge is 2.56. The summed E-state index contributed by atoms with van der Waals surface area (Å²) < 4.78 is 31.0. The first-order valence-electron chi connectivity index (χ1n) is 17.8. The molecule has 2 amide bonds. The van der Waals surface area contributed by atoms with Crippen molar-refractivity contribution in [2.24, 2.45) is 5.92 Å². The third-order valence-corrected chi connectivity index (χ3v) is 13.3. The topological polar surface area (TPSA) is 105 Å². The average molecular weight is 716 g/mol. The Morgan fingerprint density at radius 1 is 0.920 bits per heavy atom. The van der Waals surface area contributed by atoms with Crippen molar-refractivity contribution in [3.8, 4) is 0 Å². The Kier molecular flexibility index (Phi) is 9.32. The summed E-state index contributed by atoms with van der Waals surface area (Å²) in [5, 5.41) is 0. The van der Waals surface area contributed by atoms with Crippen molar-refractivity contribution in [2.45, 2.75) is 99.2 Å². The predicted molar refractivity (Wildman–Crippen MR) is 196 cm³/mol. The number of alkyl halides is 1. The lowest BCUT2D eigenvalue weighted by Gasteiger charge is -2.52. The van der Waals surface area contributed by atoms with Crippen LogP contribution in [0.2, 0.25) is 0 Å². The normalized spacial score (nSPS) is 27.1. The standard InChI is InChI=1S/C39H46ClN5O4S/c1-27(2)36(46)39(40)26-38(29-12-6-4-7-13-29,21-23-44(39)37(47)42-50(48,49)33-14-8-5-9-15-33)20-22-43-30-18-19-31(43)25-32(24-30)45-28(3)41-34-16-10-11-17-35(34)45/h4-17,27,30-32H,18-26H2,1-3H3,(H,42,47). The van der Waals surface area contributed by atoms with Crippen LogP contribution in [0, 0.1) is 12.8 Å². The van der Waals surface area contributed by atoms with Gasteiger partial charge in [-0.05, 0) is 81.8 Å². The van der Waals surface area contributed by atoms with Crippen molar-refractivity contribution >= 4 is 44.5 Å². The van der Waals surface area contributed by atoms with E-state index in [1.54, 1.807) is 32.0 Å². The zero-order valence-electron chi connectivity index (χ0n) is 29.0. The smallest absolute Gasteiger partial charge is 0.325 e. The lowest BCUT2D eigenvalue weighted by Crippen LogP contribution is -2.64. The number of piperidine rings is 2. The highest BCUT2D eigenvalue weighted by Crippen LogP contribution is 2.50. The Morgan fingerprint density at radius 2 is 1.54 bits per heavy atom. The van der Waals surface area contributed by atoms with Crippen LogP contribution in [0.5, 0.6) is 0 Å². The van der Waals surface area contributed by atoms with Gasteiger partial charge in [0.1, 0.15) is 5.82 Å². The van der Waals surface area contributed by atoms with E-state index in [0.717, 1.165) is 55.6 Å². The second kappa shape index (κ2) is 13.4. The van der Waals surface area contributed by atoms with Crippen molar-refractivity contribution in [1.29, 1.82) is 0 Å². The number of hydrogen-bond acceptors (Lipinski definition) is 6. The van der Waals surface area contributed by atoms with Crippen molar-refractivity contribution in [3.05, 3.63) is 96.3 Å². The number of halogens is 1. The molecule has 9 nitrogen and oxygen atoms in total. The van der Waals surface area contributed by atoms with Gasteiger partial charge in [-0.2, -0.15) is 0 Å². The summed E-state index contributed by atoms with van der Waals surface area (Å²) >= 11 is 7.42. The van der Waals surface area contributed by atoms with Crippen molar-refractivity contribution in [3.63, 3.8) is 0 Å². The van der Waals surface area contributed by atoms with E-state index in [0.29, 0.717) is 24.5 Å². The minimum absolute atomic E-state index is 0.0332. The third-order valence-electron chi connectivity index (χ3n) is 11.5. The molecule has 4 heterocycles. The first-order valence-corrected chi connectivity index (χ1v) is 19.7. The van der Waals surface area contributed by atoms with E-state index in [1.165, 1.54) is 22.5 Å². The maximum absolute atomic E-state index is 14.1. The van der Waals surface area contributed by atoms with Crippen LogP contribution in [0.15, 0.2) is 89.8 Å². The molecule has 4 unspecified atom stereocenters. The molecule has 0 saturated carbocycles. The fraction of sp³-hybridized carbons (Fsp3) is 0.462. The molecule has 3 aliphatic heterocycles. The zero-order valence-corrected chi connectivity index (χ0v) is 30.5. The highest BCUT2D eigenvalue weighted by atomic mass is 35.5. The van der Waals surface area contributed by atoms with Gasteiger partial charge >= 0.3 is 6.03 Å². The summed E-state index contributed by atoms with van der Waals surface area (Å²) in [6.45, 7) is 6.63. The number of imidazole rings is 1. The summed E-state index contributed by atoms with van der Waals surface area (Å²) in [6.07, 6.45) is 5.92. The summed E-state index contributed by atoms with van der Waals surface area (Å²) in [5.74, 6) is 0.292. The number of aromatic nitrogens is 2. The molecule has 50 heavy (non-hydrogen) atoms. The summed E-state index contributed by atoms with van der Waals surface area (Å²) in [4.78, 5) is 34.9. The maximum atomic E-state index is 14.1. The van der Waals surface area contributed by atoms with Crippen LogP contribution in [-0.4, -0.2) is 69.8 Å². The van der Waals surface area contributed by atoms with E-state index in [2.05, 4.69) is 51.4 Å². The number of urea groups is 1. The number of fused-ring (bicyclic) bond motifs is 3. The van der Waals surface area contributed by atoms with Gasteiger partial charge in [0.2, 0.25) is 0 Å². The molecule has 3 aromatic carbocycles. The first-order chi connectivity index (χ1) is 23.9. The van der Waals surface area contributed by atoms with E-state index in [9.17, 15) is 18.0 Å². The maximum Gasteiger partial charge on any atom is 0.333 e. The molecule has 0 spiro atoms. The lowest BCUT2D eigenvalue weighted by molar-refractivity contribution is -0.131. The molecular weight excluding hydrogens is 670 g/mol. The van der Waals surface area contributed by atoms with Gasteiger partial charge in [-0.15, -0.1) is 0 Å². The molecule has 1 aromatic heterocycles. The summed E-state index contributed by atoms with van der Waals surface area (Å²) in [6, 6.07) is 26.7. The number of nitrogens with zero attached hydrogens (tertiary/aromatic N) is 4. The molecular formula is C39H46ClN5O4S. The van der Waals surface area contributed by atoms with Crippen molar-refractivity contribution in [1.82, 2.24) is 24.1 Å². The Morgan fingerprint density at radius 3 is 2.20 bits per heavy atom. The number of nitrogens with one attached hydrogen (secondary N) is 1. The Labute approximate surface area is 300 Å². The highest BCUT2D eigenvalue weighted by molar-refractivity contribution is 7.90. The third kappa shape index (κ3) is 6.24. The Balaban J connectivity index is 1.15. The predicted octanol–water partition coefficient (Wildman–Crippen LogP) is 7.20. The molecule has 3 fully saturated rings. The van der Waals surface area contributed by atoms with Gasteiger partial charge in [-0.25, -0.2) is 22.9 Å². The van der Waals surface area contributed by atoms with Crippen LogP contribution in [0.25, 0.3) is 11.0 Å². The van der Waals surface area contributed by atoms with Crippen LogP contribution < -0.4 is 4.72 Å². The first kappa shape index (κ1) is 34.7. The molecule has 0 aliphatic carbocycles. The van der Waals surface area contributed by atoms with Crippen LogP contribution in [0.1, 0.15) is 76.2 Å². The number of carbonyl (C=O) groups excluding carboxylic acids is 2. The van der Waals surface area contributed by atoms with E-state index in [1.807, 2.05) is 24.3 Å². The molecule has 7 rings (SSSR count). The number of aryl methyl sites for hydroxylation is 1. The molecule has 0 radical (unpaired) electrons. The summed E-state index contributed by atoms with van der Waals surface area (Å²) in [7, 11) is -4.18. The van der Waals surface area contributed by atoms with E-state index >= 15 is 0 Å². The largest absolute Gasteiger partial charge is 0.333 e. The number of hydrogen-bond donors (Lipinski definition) is 1. The van der Waals surface area contributed by atoms with Crippen LogP contribution >= 0.6 is 11.6 Å². The fourth-order valence-electron chi connectivity index (χ4n) is 9.08. The number of likely N-dealkylation sites (tertiary alicyclic amines) is 1. The molecule has 264 valence electrons. The van der Waals surface area contributed by atoms with E-state index in [4.69, 9.17) is 16.6 Å². The Hall–Kier alpha value is -3.73. The second-order valence-electron chi connectivity index (χ2n) is 14.7. The van der Waals surface area contributed by atoms with Crippen molar-refractivity contribution < 1.29 is 18.0 Å². The Bertz CT molecular complexity index is 1970. The molecule has 4 atom stereocenters. The number of amides is 2. The van der Waals surface area contributed by atoms with Gasteiger partial charge in [0.05, 0.1) is 15.9 Å². The van der Waals surface area contributed by atoms with Crippen molar-refractivity contribution in [2.75, 3.05) is 13.1 Å². The zero-order chi connectivity index (χ0) is 35.3. The van der Waals surface area contributed by atoms with Crippen LogP contribution in [-0.2, 0) is 20.2 Å². The molecule has 1 N–H and O–H groups in total. The van der Waals surface area contributed by atoms with Gasteiger partial charge < -0.3 is 4.57 Å². The van der Waals surface area contributed by atoms with Gasteiger partial charge in [-0.3, -0.25) is 14.6 Å². The SMILES string of the molecule is Cc1nc2ccccc2n1C1CC2CCC(C1)N2CCC1(c2ccccc2)CCN(C(=O)NS(=O)(=O)c2ccccc2)C(Cl)(C(=O)C(C)C)C1. The fourth-order valence-corrected chi connectivity index (χ4v) is 10.7. The molecule has 3 saturated heterocycles. The minimum atomic E-state index is -4.18. The molecule has 3 aliphatic rings. The van der Waals surface area contributed by atoms with E-state index in [-0.39, 0.29) is 23.6 Å². The monoisotopic (exact) mass is 715 g/mol. The number of carbonyl (C=O) groups is 2. The van der Waals surface area contributed by atoms with Gasteiger partial charge in [-0.1, -0.05) is 86.1 Å². The summed E-state index contributed by atoms with van der Waals surface area (Å²) in [5.41, 5.74) is 2.83. The number of benzene rings is 3. The molecule has 11 heteroatoms. The number of Topliss-reactive ketones (excluding diaryl/α,β-unsaturated/α-hetero) is 1. The minimum Gasteiger partial charge on any atom is -0.325 e. The quantitative estimate of drug-likeness (QED) is 0.145. The molecule has 4 aromatic rings. The second-order valence-corrected chi connectivity index (χ2v) is 17.1. The van der Waals surface area contributed by atoms with Gasteiger partial charge in [0.15, 0.2) is 10.8 Å². The van der Waals surface area contributed by atoms with Gasteiger partial charge in [0.25, 0.3) is 10.0 Å². The van der Waals surface area contributed by atoms with Crippen LogP contribution in [0.3, 0.4) is 0 Å². The number of para-hydroxylation sites is 2. The number of sulfonamides is 1. The van der Waals surface area contributed by atoms with E-state index < -0.39 is 32.4 Å². The number of ketones is 1. The molecule has 2 bridgehead atoms.